The number of nitrogens with zero attached hydrogens (tertiary/aromatic N) is 3. The summed E-state index contributed by atoms with van der Waals surface area (Å²) in [7, 11) is 0. The van der Waals surface area contributed by atoms with E-state index in [9.17, 15) is 4.79 Å². The third kappa shape index (κ3) is 3.68. The van der Waals surface area contributed by atoms with Gasteiger partial charge in [0, 0.05) is 16.4 Å². The number of aromatic nitrogens is 3. The van der Waals surface area contributed by atoms with Gasteiger partial charge in [0.05, 0.1) is 10.9 Å². The predicted octanol–water partition coefficient (Wildman–Crippen LogP) is 5.14. The van der Waals surface area contributed by atoms with Gasteiger partial charge in [0.2, 0.25) is 0 Å². The van der Waals surface area contributed by atoms with Gasteiger partial charge in [0.1, 0.15) is 5.82 Å². The van der Waals surface area contributed by atoms with Crippen molar-refractivity contribution in [2.24, 2.45) is 0 Å². The molecule has 4 rings (SSSR count). The smallest absolute Gasteiger partial charge is 0.267 e. The van der Waals surface area contributed by atoms with Crippen molar-refractivity contribution in [1.82, 2.24) is 14.5 Å². The number of rotatable bonds is 4. The zero-order valence-electron chi connectivity index (χ0n) is 14.6. The summed E-state index contributed by atoms with van der Waals surface area (Å²) in [5.41, 5.74) is 2.78. The minimum absolute atomic E-state index is 0.105. The molecule has 0 aliphatic rings. The van der Waals surface area contributed by atoms with Gasteiger partial charge >= 0.3 is 0 Å². The molecule has 0 aliphatic carbocycles. The van der Waals surface area contributed by atoms with E-state index in [-0.39, 0.29) is 5.56 Å². The Kier molecular flexibility index (Phi) is 5.09. The molecule has 6 heteroatoms. The van der Waals surface area contributed by atoms with Crippen LogP contribution in [0.25, 0.3) is 16.7 Å². The fourth-order valence-electron chi connectivity index (χ4n) is 2.76. The zero-order valence-corrected chi connectivity index (χ0v) is 17.0. The van der Waals surface area contributed by atoms with Crippen LogP contribution in [-0.4, -0.2) is 14.5 Å². The van der Waals surface area contributed by atoms with Gasteiger partial charge in [-0.25, -0.2) is 14.5 Å². The molecule has 0 atom stereocenters. The summed E-state index contributed by atoms with van der Waals surface area (Å²) >= 11 is 5.11. The molecule has 4 nitrogen and oxygen atoms in total. The molecule has 2 heterocycles. The predicted molar refractivity (Wildman–Crippen MR) is 114 cm³/mol. The number of hydrogen-bond acceptors (Lipinski definition) is 4. The second kappa shape index (κ2) is 7.66. The van der Waals surface area contributed by atoms with Crippen LogP contribution in [0.5, 0.6) is 0 Å². The number of halogens is 1. The number of hydrogen-bond donors (Lipinski definition) is 0. The van der Waals surface area contributed by atoms with E-state index in [1.807, 2.05) is 55.5 Å². The molecule has 0 radical (unpaired) electrons. The van der Waals surface area contributed by atoms with Crippen molar-refractivity contribution in [3.8, 4) is 5.82 Å². The zero-order chi connectivity index (χ0) is 18.8. The molecule has 27 heavy (non-hydrogen) atoms. The molecule has 2 aromatic heterocycles. The highest BCUT2D eigenvalue weighted by Gasteiger charge is 2.14. The van der Waals surface area contributed by atoms with Crippen molar-refractivity contribution in [1.29, 1.82) is 0 Å². The van der Waals surface area contributed by atoms with Gasteiger partial charge in [-0.2, -0.15) is 0 Å². The summed E-state index contributed by atoms with van der Waals surface area (Å²) in [6, 6.07) is 19.3. The Balaban J connectivity index is 1.84. The number of para-hydroxylation sites is 1. The summed E-state index contributed by atoms with van der Waals surface area (Å²) in [5.74, 6) is 1.27. The molecule has 0 aliphatic heterocycles. The van der Waals surface area contributed by atoms with Crippen molar-refractivity contribution < 1.29 is 0 Å². The number of pyridine rings is 1. The second-order valence-corrected chi connectivity index (χ2v) is 7.92. The minimum atomic E-state index is -0.105. The van der Waals surface area contributed by atoms with Gasteiger partial charge in [-0.15, -0.1) is 0 Å². The van der Waals surface area contributed by atoms with Crippen LogP contribution in [0.3, 0.4) is 0 Å². The standard InChI is InChI=1S/C21H16BrN3OS/c1-14-10-11-19(23-12-14)25-20(26)16-7-3-5-9-18(16)24-21(25)27-13-15-6-2-4-8-17(15)22/h2-12H,13H2,1H3. The van der Waals surface area contributed by atoms with E-state index < -0.39 is 0 Å². The van der Waals surface area contributed by atoms with Gasteiger partial charge in [-0.05, 0) is 42.3 Å². The van der Waals surface area contributed by atoms with Crippen LogP contribution < -0.4 is 5.56 Å². The maximum atomic E-state index is 13.2. The average Bonchev–Trinajstić information content (AvgIpc) is 2.69. The van der Waals surface area contributed by atoms with Crippen molar-refractivity contribution in [3.63, 3.8) is 0 Å². The van der Waals surface area contributed by atoms with Crippen LogP contribution in [0, 0.1) is 6.92 Å². The lowest BCUT2D eigenvalue weighted by Crippen LogP contribution is -2.22. The molecule has 0 N–H and O–H groups in total. The summed E-state index contributed by atoms with van der Waals surface area (Å²) in [4.78, 5) is 22.4. The fraction of sp³-hybridized carbons (Fsp3) is 0.0952. The first-order valence-corrected chi connectivity index (χ1v) is 10.2. The SMILES string of the molecule is Cc1ccc(-n2c(SCc3ccccc3Br)nc3ccccc3c2=O)nc1. The van der Waals surface area contributed by atoms with Gasteiger partial charge in [-0.1, -0.05) is 64.1 Å². The Hall–Kier alpha value is -2.44. The van der Waals surface area contributed by atoms with Crippen molar-refractivity contribution >= 4 is 38.6 Å². The summed E-state index contributed by atoms with van der Waals surface area (Å²) < 4.78 is 2.64. The van der Waals surface area contributed by atoms with Crippen molar-refractivity contribution in [3.05, 3.63) is 92.8 Å². The van der Waals surface area contributed by atoms with Crippen LogP contribution in [0.4, 0.5) is 0 Å². The third-order valence-corrected chi connectivity index (χ3v) is 5.95. The van der Waals surface area contributed by atoms with Crippen molar-refractivity contribution in [2.75, 3.05) is 0 Å². The molecule has 0 saturated carbocycles. The Labute approximate surface area is 169 Å². The topological polar surface area (TPSA) is 47.8 Å². The lowest BCUT2D eigenvalue weighted by atomic mass is 10.2. The largest absolute Gasteiger partial charge is 0.268 e. The molecule has 4 aromatic rings. The van der Waals surface area contributed by atoms with E-state index in [1.54, 1.807) is 16.8 Å². The Bertz CT molecular complexity index is 1170. The first-order valence-electron chi connectivity index (χ1n) is 8.44. The molecule has 0 bridgehead atoms. The third-order valence-electron chi connectivity index (χ3n) is 4.18. The number of thioether (sulfide) groups is 1. The van der Waals surface area contributed by atoms with Crippen molar-refractivity contribution in [2.45, 2.75) is 17.8 Å². The van der Waals surface area contributed by atoms with Crippen LogP contribution in [0.2, 0.25) is 0 Å². The Morgan fingerprint density at radius 1 is 1.04 bits per heavy atom. The quantitative estimate of drug-likeness (QED) is 0.327. The maximum absolute atomic E-state index is 13.2. The first-order chi connectivity index (χ1) is 13.1. The van der Waals surface area contributed by atoms with Crippen LogP contribution in [-0.2, 0) is 5.75 Å². The number of benzene rings is 2. The summed E-state index contributed by atoms with van der Waals surface area (Å²) in [6.45, 7) is 1.97. The number of aryl methyl sites for hydroxylation is 1. The van der Waals surface area contributed by atoms with E-state index in [4.69, 9.17) is 4.98 Å². The van der Waals surface area contributed by atoms with Gasteiger partial charge in [0.15, 0.2) is 5.16 Å². The molecule has 0 saturated heterocycles. The molecular formula is C21H16BrN3OS. The Morgan fingerprint density at radius 3 is 2.59 bits per heavy atom. The maximum Gasteiger partial charge on any atom is 0.267 e. The van der Waals surface area contributed by atoms with Gasteiger partial charge in [0.25, 0.3) is 5.56 Å². The van der Waals surface area contributed by atoms with E-state index in [0.717, 1.165) is 15.6 Å². The Morgan fingerprint density at radius 2 is 1.81 bits per heavy atom. The highest BCUT2D eigenvalue weighted by atomic mass is 79.9. The lowest BCUT2D eigenvalue weighted by Gasteiger charge is -2.13. The fourth-order valence-corrected chi connectivity index (χ4v) is 4.38. The van der Waals surface area contributed by atoms with Gasteiger partial charge in [-0.3, -0.25) is 4.79 Å². The van der Waals surface area contributed by atoms with E-state index in [2.05, 4.69) is 27.0 Å². The minimum Gasteiger partial charge on any atom is -0.268 e. The van der Waals surface area contributed by atoms with Crippen LogP contribution in [0.15, 0.2) is 81.3 Å². The second-order valence-electron chi connectivity index (χ2n) is 6.13. The number of fused-ring (bicyclic) bond motifs is 1. The molecule has 0 amide bonds. The molecular weight excluding hydrogens is 422 g/mol. The highest BCUT2D eigenvalue weighted by Crippen LogP contribution is 2.27. The average molecular weight is 438 g/mol. The molecule has 2 aromatic carbocycles. The monoisotopic (exact) mass is 437 g/mol. The van der Waals surface area contributed by atoms with E-state index in [0.29, 0.717) is 27.6 Å². The van der Waals surface area contributed by atoms with E-state index >= 15 is 0 Å². The van der Waals surface area contributed by atoms with E-state index in [1.165, 1.54) is 11.8 Å². The summed E-state index contributed by atoms with van der Waals surface area (Å²) in [6.07, 6.45) is 1.76. The highest BCUT2D eigenvalue weighted by molar-refractivity contribution is 9.10. The lowest BCUT2D eigenvalue weighted by molar-refractivity contribution is 0.794. The molecule has 0 spiro atoms. The molecule has 0 unspecified atom stereocenters. The van der Waals surface area contributed by atoms with Gasteiger partial charge < -0.3 is 0 Å². The molecule has 134 valence electrons. The summed E-state index contributed by atoms with van der Waals surface area (Å²) in [5, 5.41) is 1.22. The van der Waals surface area contributed by atoms with Crippen LogP contribution >= 0.6 is 27.7 Å². The van der Waals surface area contributed by atoms with Crippen LogP contribution in [0.1, 0.15) is 11.1 Å². The normalized spacial score (nSPS) is 11.0. The first kappa shape index (κ1) is 17.9. The molecule has 0 fully saturated rings.